The van der Waals surface area contributed by atoms with Crippen LogP contribution in [0.25, 0.3) is 54.7 Å². The van der Waals surface area contributed by atoms with Crippen molar-refractivity contribution in [2.24, 2.45) is 0 Å². The summed E-state index contributed by atoms with van der Waals surface area (Å²) in [6.45, 7) is 0. The normalized spacial score (nSPS) is 11.6. The van der Waals surface area contributed by atoms with Crippen LogP contribution in [0, 0.1) is 0 Å². The van der Waals surface area contributed by atoms with Crippen LogP contribution in [0.15, 0.2) is 85.5 Å². The highest BCUT2D eigenvalue weighted by Gasteiger charge is 2.08. The van der Waals surface area contributed by atoms with Crippen molar-refractivity contribution in [1.82, 2.24) is 19.9 Å². The van der Waals surface area contributed by atoms with Gasteiger partial charge in [-0.25, -0.2) is 0 Å². The largest absolute Gasteiger partial charge is 0.254 e. The molecule has 0 radical (unpaired) electrons. The minimum Gasteiger partial charge on any atom is -0.254 e. The van der Waals surface area contributed by atoms with Crippen LogP contribution in [0.5, 0.6) is 0 Å². The summed E-state index contributed by atoms with van der Waals surface area (Å²) < 4.78 is 0. The molecule has 0 amide bonds. The Labute approximate surface area is 160 Å². The van der Waals surface area contributed by atoms with E-state index < -0.39 is 0 Å². The molecule has 0 aliphatic rings. The second kappa shape index (κ2) is 5.79. The van der Waals surface area contributed by atoms with Gasteiger partial charge in [0.2, 0.25) is 0 Å². The summed E-state index contributed by atoms with van der Waals surface area (Å²) in [4.78, 5) is 18.4. The Bertz CT molecular complexity index is 1400. The van der Waals surface area contributed by atoms with E-state index in [0.717, 1.165) is 54.7 Å². The second-order valence-electron chi connectivity index (χ2n) is 6.87. The van der Waals surface area contributed by atoms with E-state index in [0.29, 0.717) is 0 Å². The Hall–Kier alpha value is -3.92. The molecule has 0 saturated heterocycles. The predicted octanol–water partition coefficient (Wildman–Crippen LogP) is 5.55. The topological polar surface area (TPSA) is 51.6 Å². The van der Waals surface area contributed by atoms with Crippen LogP contribution in [0.1, 0.15) is 0 Å². The van der Waals surface area contributed by atoms with Gasteiger partial charge >= 0.3 is 0 Å². The van der Waals surface area contributed by atoms with Gasteiger partial charge in [0.05, 0.1) is 22.1 Å². The molecule has 0 spiro atoms. The van der Waals surface area contributed by atoms with Gasteiger partial charge in [-0.1, -0.05) is 36.4 Å². The van der Waals surface area contributed by atoms with Gasteiger partial charge in [-0.3, -0.25) is 19.9 Å². The van der Waals surface area contributed by atoms with Crippen LogP contribution in [-0.2, 0) is 0 Å². The Morgan fingerprint density at radius 2 is 0.857 bits per heavy atom. The molecule has 4 heterocycles. The van der Waals surface area contributed by atoms with Crippen LogP contribution >= 0.6 is 0 Å². The fraction of sp³-hybridized carbons (Fsp3) is 0. The van der Waals surface area contributed by atoms with E-state index in [9.17, 15) is 0 Å². The molecule has 0 saturated carbocycles. The zero-order valence-corrected chi connectivity index (χ0v) is 14.9. The Morgan fingerprint density at radius 1 is 0.429 bits per heavy atom. The third kappa shape index (κ3) is 2.25. The molecule has 130 valence electrons. The molecule has 0 unspecified atom stereocenters. The lowest BCUT2D eigenvalue weighted by molar-refractivity contribution is 1.35. The van der Waals surface area contributed by atoms with Gasteiger partial charge in [0, 0.05) is 57.5 Å². The molecule has 6 aromatic rings. The first kappa shape index (κ1) is 15.2. The highest BCUT2D eigenvalue weighted by Crippen LogP contribution is 2.29. The maximum atomic E-state index is 4.71. The van der Waals surface area contributed by atoms with E-state index in [1.54, 1.807) is 0 Å². The second-order valence-corrected chi connectivity index (χ2v) is 6.87. The maximum Gasteiger partial charge on any atom is 0.0964 e. The van der Waals surface area contributed by atoms with Crippen molar-refractivity contribution in [2.75, 3.05) is 0 Å². The smallest absolute Gasteiger partial charge is 0.0964 e. The van der Waals surface area contributed by atoms with Crippen molar-refractivity contribution in [3.63, 3.8) is 0 Å². The minimum absolute atomic E-state index is 0.922. The summed E-state index contributed by atoms with van der Waals surface area (Å²) in [7, 11) is 0. The van der Waals surface area contributed by atoms with Crippen molar-refractivity contribution in [2.45, 2.75) is 0 Å². The first-order chi connectivity index (χ1) is 13.9. The van der Waals surface area contributed by atoms with Crippen LogP contribution in [-0.4, -0.2) is 19.9 Å². The number of hydrogen-bond acceptors (Lipinski definition) is 4. The third-order valence-corrected chi connectivity index (χ3v) is 5.18. The molecule has 28 heavy (non-hydrogen) atoms. The lowest BCUT2D eigenvalue weighted by Crippen LogP contribution is -1.89. The molecule has 2 aromatic carbocycles. The molecule has 0 N–H and O–H groups in total. The summed E-state index contributed by atoms with van der Waals surface area (Å²) >= 11 is 0. The van der Waals surface area contributed by atoms with Crippen molar-refractivity contribution < 1.29 is 0 Å². The van der Waals surface area contributed by atoms with E-state index in [4.69, 9.17) is 9.97 Å². The average molecular weight is 358 g/mol. The first-order valence-corrected chi connectivity index (χ1v) is 9.14. The third-order valence-electron chi connectivity index (χ3n) is 5.18. The summed E-state index contributed by atoms with van der Waals surface area (Å²) in [5.74, 6) is 0. The zero-order valence-electron chi connectivity index (χ0n) is 14.9. The quantitative estimate of drug-likeness (QED) is 0.362. The maximum absolute atomic E-state index is 4.71. The number of aromatic nitrogens is 4. The van der Waals surface area contributed by atoms with E-state index >= 15 is 0 Å². The molecule has 0 aliphatic carbocycles. The van der Waals surface area contributed by atoms with E-state index in [1.807, 2.05) is 36.9 Å². The van der Waals surface area contributed by atoms with Gasteiger partial charge in [-0.15, -0.1) is 0 Å². The Morgan fingerprint density at radius 3 is 1.36 bits per heavy atom. The Balaban J connectivity index is 1.55. The number of pyridine rings is 4. The number of rotatable bonds is 1. The number of hydrogen-bond donors (Lipinski definition) is 0. The highest BCUT2D eigenvalue weighted by atomic mass is 14.7. The van der Waals surface area contributed by atoms with Crippen molar-refractivity contribution in [3.8, 4) is 11.1 Å². The van der Waals surface area contributed by atoms with Gasteiger partial charge in [0.25, 0.3) is 0 Å². The van der Waals surface area contributed by atoms with Gasteiger partial charge in [-0.2, -0.15) is 0 Å². The minimum atomic E-state index is 0.922. The van der Waals surface area contributed by atoms with E-state index in [2.05, 4.69) is 58.5 Å². The molecule has 6 rings (SSSR count). The lowest BCUT2D eigenvalue weighted by atomic mass is 10.0. The monoisotopic (exact) mass is 358 g/mol. The van der Waals surface area contributed by atoms with E-state index in [1.165, 1.54) is 0 Å². The summed E-state index contributed by atoms with van der Waals surface area (Å²) in [6, 6.07) is 20.7. The molecular weight excluding hydrogens is 344 g/mol. The molecule has 4 heteroatoms. The fourth-order valence-corrected chi connectivity index (χ4v) is 3.79. The lowest BCUT2D eigenvalue weighted by Gasteiger charge is -2.07. The van der Waals surface area contributed by atoms with Gasteiger partial charge in [-0.05, 0) is 24.3 Å². The van der Waals surface area contributed by atoms with E-state index in [-0.39, 0.29) is 0 Å². The predicted molar refractivity (Wildman–Crippen MR) is 113 cm³/mol. The van der Waals surface area contributed by atoms with Crippen LogP contribution in [0.3, 0.4) is 0 Å². The van der Waals surface area contributed by atoms with Crippen LogP contribution < -0.4 is 0 Å². The molecule has 4 aromatic heterocycles. The molecule has 0 atom stereocenters. The summed E-state index contributed by atoms with van der Waals surface area (Å²) in [5.41, 5.74) is 5.79. The van der Waals surface area contributed by atoms with Gasteiger partial charge in [0.1, 0.15) is 0 Å². The number of nitrogens with zero attached hydrogens (tertiary/aromatic N) is 4. The molecule has 0 bridgehead atoms. The Kier molecular flexibility index (Phi) is 3.14. The number of benzene rings is 2. The van der Waals surface area contributed by atoms with Crippen molar-refractivity contribution in [1.29, 1.82) is 0 Å². The fourth-order valence-electron chi connectivity index (χ4n) is 3.79. The highest BCUT2D eigenvalue weighted by molar-refractivity contribution is 6.05. The standard InChI is InChI=1S/C24H14N4/c1-3-15-5-7-17-11-19(13-27-23(17)21(15)25-9-1)20-12-18-8-6-16-4-2-10-26-22(16)24(18)28-14-20/h1-14H. The average Bonchev–Trinajstić information content (AvgIpc) is 2.78. The van der Waals surface area contributed by atoms with Crippen LogP contribution in [0.2, 0.25) is 0 Å². The summed E-state index contributed by atoms with van der Waals surface area (Å²) in [6.07, 6.45) is 7.42. The van der Waals surface area contributed by atoms with Crippen molar-refractivity contribution >= 4 is 43.6 Å². The van der Waals surface area contributed by atoms with Gasteiger partial charge < -0.3 is 0 Å². The summed E-state index contributed by atoms with van der Waals surface area (Å²) in [5, 5.41) is 4.34. The first-order valence-electron chi connectivity index (χ1n) is 9.14. The molecular formula is C24H14N4. The molecule has 0 aliphatic heterocycles. The number of fused-ring (bicyclic) bond motifs is 6. The molecule has 0 fully saturated rings. The van der Waals surface area contributed by atoms with Crippen LogP contribution in [0.4, 0.5) is 0 Å². The van der Waals surface area contributed by atoms with Gasteiger partial charge in [0.15, 0.2) is 0 Å². The molecule has 4 nitrogen and oxygen atoms in total. The SMILES string of the molecule is c1cnc2c(c1)ccc1cc(-c3cnc4c(ccc5cccnc54)c3)cnc12. The van der Waals surface area contributed by atoms with Crippen molar-refractivity contribution in [3.05, 3.63) is 85.5 Å². The zero-order chi connectivity index (χ0) is 18.5.